The Morgan fingerprint density at radius 1 is 0.857 bits per heavy atom. The highest BCUT2D eigenvalue weighted by Crippen LogP contribution is 2.04. The molecule has 0 aliphatic carbocycles. The van der Waals surface area contributed by atoms with E-state index in [2.05, 4.69) is 9.31 Å². The van der Waals surface area contributed by atoms with Crippen molar-refractivity contribution in [3.05, 3.63) is 0 Å². The average Bonchev–Trinajstić information content (AvgIpc) is 2.51. The van der Waals surface area contributed by atoms with Gasteiger partial charge in [-0.25, -0.2) is 0 Å². The van der Waals surface area contributed by atoms with E-state index in [4.69, 9.17) is 35.0 Å². The number of ether oxygens (including phenoxy) is 4. The zero-order valence-corrected chi connectivity index (χ0v) is 13.4. The first kappa shape index (κ1) is 20.9. The molecule has 0 aromatic heterocycles. The molecule has 4 atom stereocenters. The number of rotatable bonds is 14. The molecule has 4 unspecified atom stereocenters. The maximum absolute atomic E-state index is 5.71. The fourth-order valence-corrected chi connectivity index (χ4v) is 1.36. The van der Waals surface area contributed by atoms with Crippen LogP contribution in [-0.2, 0) is 28.3 Å². The SMILES string of the molecule is [B]OC(C)COCC(COC(CC)O[B])OCC(C)OC. The third-order valence-electron chi connectivity index (χ3n) is 2.81. The van der Waals surface area contributed by atoms with Crippen molar-refractivity contribution < 1.29 is 28.3 Å². The van der Waals surface area contributed by atoms with Crippen molar-refractivity contribution in [2.75, 3.05) is 33.5 Å². The molecule has 0 aromatic carbocycles. The summed E-state index contributed by atoms with van der Waals surface area (Å²) in [7, 11) is 11.8. The molecule has 0 amide bonds. The van der Waals surface area contributed by atoms with Crippen LogP contribution in [0.25, 0.3) is 0 Å². The second-order valence-corrected chi connectivity index (χ2v) is 4.79. The monoisotopic (exact) mass is 300 g/mol. The molecule has 0 fully saturated rings. The predicted molar refractivity (Wildman–Crippen MR) is 80.2 cm³/mol. The molecule has 4 radical (unpaired) electrons. The molecule has 0 spiro atoms. The lowest BCUT2D eigenvalue weighted by molar-refractivity contribution is -0.138. The van der Waals surface area contributed by atoms with E-state index in [1.165, 1.54) is 0 Å². The number of hydrogen-bond donors (Lipinski definition) is 0. The molecule has 0 N–H and O–H groups in total. The van der Waals surface area contributed by atoms with Gasteiger partial charge in [-0.15, -0.1) is 0 Å². The third-order valence-corrected chi connectivity index (χ3v) is 2.81. The first-order valence-corrected chi connectivity index (χ1v) is 7.12. The van der Waals surface area contributed by atoms with Crippen LogP contribution >= 0.6 is 0 Å². The van der Waals surface area contributed by atoms with Crippen molar-refractivity contribution >= 4 is 16.1 Å². The standard InChI is InChI=1S/C13H26B2O6/c1-5-13(21-15)19-9-12(18-7-10(2)16-4)8-17-6-11(3)20-14/h10-13H,5-9H2,1-4H3. The smallest absolute Gasteiger partial charge is 0.286 e. The first-order valence-electron chi connectivity index (χ1n) is 7.12. The van der Waals surface area contributed by atoms with E-state index in [0.29, 0.717) is 32.8 Å². The van der Waals surface area contributed by atoms with Crippen molar-refractivity contribution in [2.45, 2.75) is 51.8 Å². The minimum absolute atomic E-state index is 0.00784. The van der Waals surface area contributed by atoms with Crippen LogP contribution in [0.4, 0.5) is 0 Å². The normalized spacial score (nSPS) is 17.3. The highest BCUT2D eigenvalue weighted by Gasteiger charge is 2.15. The largest absolute Gasteiger partial charge is 0.443 e. The molecule has 0 aromatic rings. The van der Waals surface area contributed by atoms with Crippen LogP contribution in [0.3, 0.4) is 0 Å². The maximum atomic E-state index is 5.71. The summed E-state index contributed by atoms with van der Waals surface area (Å²) in [5, 5.41) is 0. The van der Waals surface area contributed by atoms with Crippen molar-refractivity contribution in [3.63, 3.8) is 0 Å². The molecule has 0 heterocycles. The van der Waals surface area contributed by atoms with Crippen molar-refractivity contribution in [3.8, 4) is 0 Å². The van der Waals surface area contributed by atoms with Gasteiger partial charge in [-0.05, 0) is 20.3 Å². The summed E-state index contributed by atoms with van der Waals surface area (Å²) >= 11 is 0. The van der Waals surface area contributed by atoms with Crippen LogP contribution in [0, 0.1) is 0 Å². The van der Waals surface area contributed by atoms with E-state index in [1.54, 1.807) is 7.11 Å². The van der Waals surface area contributed by atoms with Crippen LogP contribution in [0.15, 0.2) is 0 Å². The second-order valence-electron chi connectivity index (χ2n) is 4.79. The molecule has 0 rings (SSSR count). The van der Waals surface area contributed by atoms with Gasteiger partial charge >= 0.3 is 0 Å². The van der Waals surface area contributed by atoms with Crippen LogP contribution in [0.1, 0.15) is 27.2 Å². The van der Waals surface area contributed by atoms with Gasteiger partial charge < -0.3 is 28.3 Å². The highest BCUT2D eigenvalue weighted by atomic mass is 16.7. The van der Waals surface area contributed by atoms with Gasteiger partial charge in [0.1, 0.15) is 12.4 Å². The van der Waals surface area contributed by atoms with Gasteiger partial charge in [0.05, 0.1) is 38.6 Å². The molecule has 0 aliphatic rings. The minimum Gasteiger partial charge on any atom is -0.443 e. The van der Waals surface area contributed by atoms with Crippen LogP contribution < -0.4 is 0 Å². The Bertz CT molecular complexity index is 231. The molecule has 8 heteroatoms. The molecule has 6 nitrogen and oxygen atoms in total. The lowest BCUT2D eigenvalue weighted by Gasteiger charge is -2.23. The van der Waals surface area contributed by atoms with Crippen LogP contribution in [0.2, 0.25) is 0 Å². The quantitative estimate of drug-likeness (QED) is 0.349. The van der Waals surface area contributed by atoms with Gasteiger partial charge in [-0.2, -0.15) is 0 Å². The van der Waals surface area contributed by atoms with E-state index in [-0.39, 0.29) is 18.3 Å². The predicted octanol–water partition coefficient (Wildman–Crippen LogP) is 0.765. The topological polar surface area (TPSA) is 55.4 Å². The Balaban J connectivity index is 4.13. The van der Waals surface area contributed by atoms with Gasteiger partial charge in [0.15, 0.2) is 0 Å². The van der Waals surface area contributed by atoms with Crippen molar-refractivity contribution in [2.24, 2.45) is 0 Å². The van der Waals surface area contributed by atoms with E-state index in [9.17, 15) is 0 Å². The zero-order valence-electron chi connectivity index (χ0n) is 13.4. The molecular formula is C13H26B2O6. The van der Waals surface area contributed by atoms with Crippen LogP contribution in [0.5, 0.6) is 0 Å². The Hall–Kier alpha value is -0.110. The Morgan fingerprint density at radius 2 is 1.57 bits per heavy atom. The molecular weight excluding hydrogens is 274 g/mol. The fraction of sp³-hybridized carbons (Fsp3) is 1.00. The van der Waals surface area contributed by atoms with E-state index in [1.807, 2.05) is 20.8 Å². The summed E-state index contributed by atoms with van der Waals surface area (Å²) in [5.74, 6) is 0. The summed E-state index contributed by atoms with van der Waals surface area (Å²) < 4.78 is 31.1. The molecule has 0 aliphatic heterocycles. The van der Waals surface area contributed by atoms with Crippen molar-refractivity contribution in [1.82, 2.24) is 0 Å². The summed E-state index contributed by atoms with van der Waals surface area (Å²) in [6.45, 7) is 7.12. The Morgan fingerprint density at radius 3 is 2.10 bits per heavy atom. The average molecular weight is 300 g/mol. The minimum atomic E-state index is -0.456. The molecule has 0 saturated heterocycles. The number of methoxy groups -OCH3 is 1. The van der Waals surface area contributed by atoms with Gasteiger partial charge in [0.2, 0.25) is 0 Å². The van der Waals surface area contributed by atoms with Crippen molar-refractivity contribution in [1.29, 1.82) is 0 Å². The number of hydrogen-bond acceptors (Lipinski definition) is 6. The lowest BCUT2D eigenvalue weighted by Crippen LogP contribution is -2.32. The highest BCUT2D eigenvalue weighted by molar-refractivity contribution is 5.98. The van der Waals surface area contributed by atoms with Gasteiger partial charge in [-0.1, -0.05) is 6.92 Å². The fourth-order valence-electron chi connectivity index (χ4n) is 1.36. The first-order chi connectivity index (χ1) is 10.1. The van der Waals surface area contributed by atoms with Gasteiger partial charge in [0.25, 0.3) is 16.1 Å². The summed E-state index contributed by atoms with van der Waals surface area (Å²) in [6.07, 6.45) is -0.248. The Kier molecular flexibility index (Phi) is 13.5. The second kappa shape index (κ2) is 13.5. The summed E-state index contributed by atoms with van der Waals surface area (Å²) in [5.41, 5.74) is 0. The Labute approximate surface area is 130 Å². The van der Waals surface area contributed by atoms with E-state index >= 15 is 0 Å². The maximum Gasteiger partial charge on any atom is 0.286 e. The van der Waals surface area contributed by atoms with E-state index in [0.717, 1.165) is 0 Å². The zero-order chi connectivity index (χ0) is 16.1. The molecule has 120 valence electrons. The van der Waals surface area contributed by atoms with Gasteiger partial charge in [-0.3, -0.25) is 0 Å². The van der Waals surface area contributed by atoms with Gasteiger partial charge in [0, 0.05) is 7.11 Å². The molecule has 0 saturated carbocycles. The van der Waals surface area contributed by atoms with E-state index < -0.39 is 6.29 Å². The lowest BCUT2D eigenvalue weighted by atomic mass is 10.3. The molecule has 0 bridgehead atoms. The summed E-state index contributed by atoms with van der Waals surface area (Å²) in [6, 6.07) is 0. The third kappa shape index (κ3) is 11.2. The summed E-state index contributed by atoms with van der Waals surface area (Å²) in [4.78, 5) is 0. The molecule has 21 heavy (non-hydrogen) atoms. The van der Waals surface area contributed by atoms with Crippen LogP contribution in [-0.4, -0.2) is 74.2 Å².